The van der Waals surface area contributed by atoms with Crippen LogP contribution in [0.5, 0.6) is 0 Å². The predicted molar refractivity (Wildman–Crippen MR) is 42.0 cm³/mol. The molecule has 10 heavy (non-hydrogen) atoms. The number of hydrogen-bond acceptors (Lipinski definition) is 1. The van der Waals surface area contributed by atoms with Crippen molar-refractivity contribution < 1.29 is 25.5 Å². The minimum Gasteiger partial charge on any atom is -0.416 e. The summed E-state index contributed by atoms with van der Waals surface area (Å²) in [6, 6.07) is 1.31. The van der Waals surface area contributed by atoms with Crippen molar-refractivity contribution in [2.75, 3.05) is 6.61 Å². The largest absolute Gasteiger partial charge is 0.416 e. The van der Waals surface area contributed by atoms with Crippen molar-refractivity contribution in [3.8, 4) is 0 Å². The second kappa shape index (κ2) is 5.28. The Kier molecular flexibility index (Phi) is 5.60. The fourth-order valence-corrected chi connectivity index (χ4v) is 3.18. The van der Waals surface area contributed by atoms with Crippen molar-refractivity contribution in [2.24, 2.45) is 0 Å². The SMILES string of the molecule is C=C(C)[SiH]1CCCCO1.[Pt]. The van der Waals surface area contributed by atoms with E-state index in [9.17, 15) is 0 Å². The Bertz CT molecular complexity index is 110. The minimum atomic E-state index is -0.894. The van der Waals surface area contributed by atoms with E-state index in [0.29, 0.717) is 0 Å². The smallest absolute Gasteiger partial charge is 0.203 e. The minimum absolute atomic E-state index is 0. The topological polar surface area (TPSA) is 9.23 Å². The van der Waals surface area contributed by atoms with Crippen molar-refractivity contribution in [2.45, 2.75) is 25.8 Å². The van der Waals surface area contributed by atoms with Gasteiger partial charge in [0.1, 0.15) is 0 Å². The molecule has 1 fully saturated rings. The first-order valence-electron chi connectivity index (χ1n) is 3.57. The molecule has 0 aromatic carbocycles. The molecular weight excluding hydrogens is 323 g/mol. The van der Waals surface area contributed by atoms with Gasteiger partial charge in [-0.2, -0.15) is 0 Å². The van der Waals surface area contributed by atoms with Crippen molar-refractivity contribution in [3.05, 3.63) is 11.8 Å². The average Bonchev–Trinajstić information content (AvgIpc) is 1.90. The quantitative estimate of drug-likeness (QED) is 0.661. The third-order valence-corrected chi connectivity index (χ3v) is 4.40. The van der Waals surface area contributed by atoms with Gasteiger partial charge < -0.3 is 4.43 Å². The van der Waals surface area contributed by atoms with Crippen molar-refractivity contribution in [1.29, 1.82) is 0 Å². The molecule has 1 heterocycles. The monoisotopic (exact) mass is 337 g/mol. The van der Waals surface area contributed by atoms with E-state index in [0.717, 1.165) is 6.61 Å². The van der Waals surface area contributed by atoms with Crippen LogP contribution in [0.1, 0.15) is 19.8 Å². The standard InChI is InChI=1S/C7H14OSi.Pt/c1-7(2)9-6-4-3-5-8-9;/h9H,1,3-6H2,2H3;. The first-order chi connectivity index (χ1) is 4.30. The number of hydrogen-bond donors (Lipinski definition) is 0. The van der Waals surface area contributed by atoms with E-state index >= 15 is 0 Å². The van der Waals surface area contributed by atoms with Crippen LogP contribution in [0.2, 0.25) is 6.04 Å². The molecule has 0 bridgehead atoms. The van der Waals surface area contributed by atoms with Crippen molar-refractivity contribution >= 4 is 9.04 Å². The molecule has 0 amide bonds. The molecule has 1 aliphatic rings. The number of allylic oxidation sites excluding steroid dienone is 1. The first-order valence-corrected chi connectivity index (χ1v) is 5.44. The first kappa shape index (κ1) is 10.6. The average molecular weight is 337 g/mol. The third-order valence-electron chi connectivity index (χ3n) is 1.73. The molecule has 0 aromatic heterocycles. The van der Waals surface area contributed by atoms with Gasteiger partial charge in [0, 0.05) is 27.7 Å². The van der Waals surface area contributed by atoms with Gasteiger partial charge in [-0.25, -0.2) is 0 Å². The molecule has 0 aliphatic carbocycles. The predicted octanol–water partition coefficient (Wildman–Crippen LogP) is 1.63. The summed E-state index contributed by atoms with van der Waals surface area (Å²) in [5, 5.41) is 1.31. The van der Waals surface area contributed by atoms with Crippen molar-refractivity contribution in [1.82, 2.24) is 0 Å². The van der Waals surface area contributed by atoms with Crippen LogP contribution in [0.3, 0.4) is 0 Å². The van der Waals surface area contributed by atoms with E-state index in [4.69, 9.17) is 4.43 Å². The van der Waals surface area contributed by atoms with Gasteiger partial charge in [0.2, 0.25) is 9.04 Å². The molecule has 1 aliphatic heterocycles. The zero-order valence-corrected chi connectivity index (χ0v) is 9.76. The second-order valence-electron chi connectivity index (χ2n) is 2.70. The fraction of sp³-hybridized carbons (Fsp3) is 0.714. The van der Waals surface area contributed by atoms with E-state index in [1.165, 1.54) is 24.1 Å². The van der Waals surface area contributed by atoms with E-state index in [-0.39, 0.29) is 21.1 Å². The summed E-state index contributed by atoms with van der Waals surface area (Å²) >= 11 is 0. The summed E-state index contributed by atoms with van der Waals surface area (Å²) in [6.45, 7) is 7.00. The van der Waals surface area contributed by atoms with Gasteiger partial charge in [0.25, 0.3) is 0 Å². The van der Waals surface area contributed by atoms with Crippen LogP contribution in [-0.2, 0) is 25.5 Å². The van der Waals surface area contributed by atoms with Gasteiger partial charge in [-0.05, 0) is 19.4 Å². The van der Waals surface area contributed by atoms with E-state index in [1.807, 2.05) is 0 Å². The molecule has 0 saturated carbocycles. The zero-order chi connectivity index (χ0) is 6.69. The summed E-state index contributed by atoms with van der Waals surface area (Å²) in [4.78, 5) is 0. The maximum Gasteiger partial charge on any atom is 0.203 e. The summed E-state index contributed by atoms with van der Waals surface area (Å²) in [7, 11) is -0.894. The van der Waals surface area contributed by atoms with Crippen LogP contribution in [0.15, 0.2) is 11.8 Å². The molecule has 1 rings (SSSR count). The molecule has 62 valence electrons. The van der Waals surface area contributed by atoms with Gasteiger partial charge in [-0.1, -0.05) is 11.6 Å². The van der Waals surface area contributed by atoms with Crippen LogP contribution in [0.25, 0.3) is 0 Å². The molecule has 0 spiro atoms. The normalized spacial score (nSPS) is 25.1. The van der Waals surface area contributed by atoms with E-state index < -0.39 is 9.04 Å². The fourth-order valence-electron chi connectivity index (χ4n) is 1.13. The molecule has 3 heteroatoms. The molecule has 1 unspecified atom stereocenters. The molecule has 1 atom stereocenters. The van der Waals surface area contributed by atoms with E-state index in [1.54, 1.807) is 0 Å². The van der Waals surface area contributed by atoms with Gasteiger partial charge in [-0.3, -0.25) is 0 Å². The van der Waals surface area contributed by atoms with Crippen LogP contribution in [-0.4, -0.2) is 15.6 Å². The summed E-state index contributed by atoms with van der Waals surface area (Å²) in [5.74, 6) is 0. The molecule has 0 aromatic rings. The zero-order valence-electron chi connectivity index (χ0n) is 6.34. The van der Waals surface area contributed by atoms with Gasteiger partial charge >= 0.3 is 0 Å². The van der Waals surface area contributed by atoms with Crippen molar-refractivity contribution in [3.63, 3.8) is 0 Å². The van der Waals surface area contributed by atoms with Crippen LogP contribution < -0.4 is 0 Å². The van der Waals surface area contributed by atoms with E-state index in [2.05, 4.69) is 13.5 Å². The van der Waals surface area contributed by atoms with Crippen LogP contribution in [0, 0.1) is 0 Å². The summed E-state index contributed by atoms with van der Waals surface area (Å²) < 4.78 is 5.58. The third kappa shape index (κ3) is 3.13. The Morgan fingerprint density at radius 3 is 2.50 bits per heavy atom. The molecular formula is C7H14OPtSi. The maximum absolute atomic E-state index is 5.58. The Morgan fingerprint density at radius 2 is 2.20 bits per heavy atom. The van der Waals surface area contributed by atoms with Crippen LogP contribution >= 0.6 is 0 Å². The number of rotatable bonds is 1. The Morgan fingerprint density at radius 1 is 1.50 bits per heavy atom. The summed E-state index contributed by atoms with van der Waals surface area (Å²) in [5.41, 5.74) is 0. The van der Waals surface area contributed by atoms with Crippen LogP contribution in [0.4, 0.5) is 0 Å². The molecule has 0 radical (unpaired) electrons. The Labute approximate surface area is 78.8 Å². The summed E-state index contributed by atoms with van der Waals surface area (Å²) in [6.07, 6.45) is 2.63. The molecule has 0 N–H and O–H groups in total. The second-order valence-corrected chi connectivity index (χ2v) is 5.58. The Balaban J connectivity index is 0.000000810. The van der Waals surface area contributed by atoms with Gasteiger partial charge in [0.05, 0.1) is 0 Å². The molecule has 1 saturated heterocycles. The van der Waals surface area contributed by atoms with Gasteiger partial charge in [0.15, 0.2) is 0 Å². The Hall–Kier alpha value is 0.605. The molecule has 1 nitrogen and oxygen atoms in total. The maximum atomic E-state index is 5.58. The van der Waals surface area contributed by atoms with Gasteiger partial charge in [-0.15, -0.1) is 6.58 Å².